The van der Waals surface area contributed by atoms with Crippen LogP contribution in [0, 0.1) is 20.8 Å². The maximum Gasteiger partial charge on any atom is 0.140 e. The van der Waals surface area contributed by atoms with Gasteiger partial charge in [0.25, 0.3) is 0 Å². The van der Waals surface area contributed by atoms with Crippen LogP contribution in [-0.4, -0.2) is 9.78 Å². The van der Waals surface area contributed by atoms with Crippen molar-refractivity contribution in [3.05, 3.63) is 45.6 Å². The second-order valence-electron chi connectivity index (χ2n) is 4.40. The van der Waals surface area contributed by atoms with E-state index in [2.05, 4.69) is 38.0 Å². The van der Waals surface area contributed by atoms with Gasteiger partial charge in [0.15, 0.2) is 0 Å². The molecule has 2 aromatic rings. The normalized spacial score (nSPS) is 10.8. The van der Waals surface area contributed by atoms with Gasteiger partial charge < -0.3 is 5.73 Å². The maximum atomic E-state index is 5.88. The molecule has 0 amide bonds. The predicted molar refractivity (Wildman–Crippen MR) is 71.4 cm³/mol. The quantitative estimate of drug-likeness (QED) is 0.889. The molecule has 0 aliphatic rings. The molecule has 2 N–H and O–H groups in total. The molecular weight excluding hydrogens is 234 g/mol. The van der Waals surface area contributed by atoms with Gasteiger partial charge in [0.05, 0.1) is 12.7 Å². The van der Waals surface area contributed by atoms with Crippen molar-refractivity contribution in [2.75, 3.05) is 5.73 Å². The Morgan fingerprint density at radius 1 is 1.18 bits per heavy atom. The number of aryl methyl sites for hydroxylation is 3. The minimum Gasteiger partial charge on any atom is -0.383 e. The third-order valence-corrected chi connectivity index (χ3v) is 3.40. The van der Waals surface area contributed by atoms with Gasteiger partial charge in [-0.2, -0.15) is 5.10 Å². The first-order valence-corrected chi connectivity index (χ1v) is 5.90. The van der Waals surface area contributed by atoms with E-state index in [1.807, 2.05) is 0 Å². The number of hydrogen-bond donors (Lipinski definition) is 1. The standard InChI is InChI=1S/C13H16ClN3/c1-8-4-10(3)11(5-9(8)2)7-17-13(15)12(14)6-16-17/h4-6H,7,15H2,1-3H3. The SMILES string of the molecule is Cc1cc(C)c(Cn2ncc(Cl)c2N)cc1C. The molecule has 0 spiro atoms. The number of anilines is 1. The Morgan fingerprint density at radius 3 is 2.41 bits per heavy atom. The number of nitrogens with two attached hydrogens (primary N) is 1. The molecule has 0 unspecified atom stereocenters. The summed E-state index contributed by atoms with van der Waals surface area (Å²) in [5.74, 6) is 0.518. The highest BCUT2D eigenvalue weighted by molar-refractivity contribution is 6.32. The molecule has 0 aliphatic heterocycles. The average Bonchev–Trinajstić information content (AvgIpc) is 2.58. The van der Waals surface area contributed by atoms with Gasteiger partial charge in [0.1, 0.15) is 10.8 Å². The number of aromatic nitrogens is 2. The molecule has 1 heterocycles. The summed E-state index contributed by atoms with van der Waals surface area (Å²) in [5, 5.41) is 4.67. The van der Waals surface area contributed by atoms with E-state index in [9.17, 15) is 0 Å². The molecule has 0 saturated carbocycles. The van der Waals surface area contributed by atoms with Crippen LogP contribution in [0.15, 0.2) is 18.3 Å². The number of rotatable bonds is 2. The Balaban J connectivity index is 2.36. The Hall–Kier alpha value is -1.48. The summed E-state index contributed by atoms with van der Waals surface area (Å²) in [6, 6.07) is 4.37. The van der Waals surface area contributed by atoms with Gasteiger partial charge in [-0.15, -0.1) is 0 Å². The van der Waals surface area contributed by atoms with Crippen molar-refractivity contribution < 1.29 is 0 Å². The van der Waals surface area contributed by atoms with Crippen molar-refractivity contribution in [3.63, 3.8) is 0 Å². The topological polar surface area (TPSA) is 43.8 Å². The van der Waals surface area contributed by atoms with Gasteiger partial charge in [-0.05, 0) is 43.0 Å². The molecule has 4 heteroatoms. The van der Waals surface area contributed by atoms with Crippen molar-refractivity contribution in [1.29, 1.82) is 0 Å². The van der Waals surface area contributed by atoms with Crippen LogP contribution in [0.3, 0.4) is 0 Å². The Labute approximate surface area is 106 Å². The fourth-order valence-corrected chi connectivity index (χ4v) is 1.99. The molecule has 3 nitrogen and oxygen atoms in total. The zero-order valence-electron chi connectivity index (χ0n) is 10.3. The van der Waals surface area contributed by atoms with Crippen LogP contribution in [-0.2, 0) is 6.54 Å². The van der Waals surface area contributed by atoms with E-state index >= 15 is 0 Å². The van der Waals surface area contributed by atoms with E-state index in [1.54, 1.807) is 10.9 Å². The van der Waals surface area contributed by atoms with E-state index in [-0.39, 0.29) is 0 Å². The average molecular weight is 250 g/mol. The van der Waals surface area contributed by atoms with Crippen LogP contribution in [0.1, 0.15) is 22.3 Å². The second-order valence-corrected chi connectivity index (χ2v) is 4.81. The third-order valence-electron chi connectivity index (χ3n) is 3.11. The van der Waals surface area contributed by atoms with Crippen molar-refractivity contribution in [2.45, 2.75) is 27.3 Å². The molecule has 1 aromatic carbocycles. The van der Waals surface area contributed by atoms with Gasteiger partial charge in [-0.3, -0.25) is 0 Å². The molecule has 90 valence electrons. The van der Waals surface area contributed by atoms with E-state index in [0.29, 0.717) is 17.4 Å². The molecule has 0 fully saturated rings. The number of benzene rings is 1. The summed E-state index contributed by atoms with van der Waals surface area (Å²) in [6.45, 7) is 6.98. The molecule has 17 heavy (non-hydrogen) atoms. The van der Waals surface area contributed by atoms with Crippen molar-refractivity contribution in [2.24, 2.45) is 0 Å². The van der Waals surface area contributed by atoms with Crippen LogP contribution in [0.2, 0.25) is 5.02 Å². The molecule has 1 aromatic heterocycles. The zero-order valence-corrected chi connectivity index (χ0v) is 11.0. The maximum absolute atomic E-state index is 5.88. The van der Waals surface area contributed by atoms with E-state index in [4.69, 9.17) is 17.3 Å². The zero-order chi connectivity index (χ0) is 12.6. The van der Waals surface area contributed by atoms with Crippen LogP contribution in [0.5, 0.6) is 0 Å². The summed E-state index contributed by atoms with van der Waals surface area (Å²) >= 11 is 5.88. The summed E-state index contributed by atoms with van der Waals surface area (Å²) in [4.78, 5) is 0. The first-order chi connectivity index (χ1) is 7.99. The Kier molecular flexibility index (Phi) is 3.11. The largest absolute Gasteiger partial charge is 0.383 e. The van der Waals surface area contributed by atoms with Gasteiger partial charge in [0, 0.05) is 0 Å². The molecule has 2 rings (SSSR count). The minimum atomic E-state index is 0.506. The molecule has 0 saturated heterocycles. The van der Waals surface area contributed by atoms with E-state index < -0.39 is 0 Å². The third kappa shape index (κ3) is 2.29. The Morgan fingerprint density at radius 2 is 1.82 bits per heavy atom. The molecule has 0 radical (unpaired) electrons. The predicted octanol–water partition coefficient (Wildman–Crippen LogP) is 3.09. The highest BCUT2D eigenvalue weighted by atomic mass is 35.5. The van der Waals surface area contributed by atoms with Crippen molar-refractivity contribution >= 4 is 17.4 Å². The lowest BCUT2D eigenvalue weighted by atomic mass is 10.0. The van der Waals surface area contributed by atoms with Gasteiger partial charge >= 0.3 is 0 Å². The number of nitrogens with zero attached hydrogens (tertiary/aromatic N) is 2. The lowest BCUT2D eigenvalue weighted by Crippen LogP contribution is -2.07. The van der Waals surface area contributed by atoms with Crippen LogP contribution in [0.25, 0.3) is 0 Å². The molecule has 0 bridgehead atoms. The summed E-state index contributed by atoms with van der Waals surface area (Å²) in [6.07, 6.45) is 1.58. The number of nitrogen functional groups attached to an aromatic ring is 1. The number of halogens is 1. The van der Waals surface area contributed by atoms with E-state index in [0.717, 1.165) is 0 Å². The molecular formula is C13H16ClN3. The Bertz CT molecular complexity index is 558. The molecule has 0 atom stereocenters. The fraction of sp³-hybridized carbons (Fsp3) is 0.308. The molecule has 0 aliphatic carbocycles. The monoisotopic (exact) mass is 249 g/mol. The summed E-state index contributed by atoms with van der Waals surface area (Å²) in [7, 11) is 0. The highest BCUT2D eigenvalue weighted by Crippen LogP contribution is 2.21. The summed E-state index contributed by atoms with van der Waals surface area (Å²) in [5.41, 5.74) is 10.9. The smallest absolute Gasteiger partial charge is 0.140 e. The first-order valence-electron chi connectivity index (χ1n) is 5.52. The van der Waals surface area contributed by atoms with Crippen molar-refractivity contribution in [1.82, 2.24) is 9.78 Å². The second kappa shape index (κ2) is 4.41. The van der Waals surface area contributed by atoms with Crippen LogP contribution >= 0.6 is 11.6 Å². The minimum absolute atomic E-state index is 0.506. The van der Waals surface area contributed by atoms with Crippen molar-refractivity contribution in [3.8, 4) is 0 Å². The lowest BCUT2D eigenvalue weighted by molar-refractivity contribution is 0.693. The van der Waals surface area contributed by atoms with Crippen LogP contribution < -0.4 is 5.73 Å². The summed E-state index contributed by atoms with van der Waals surface area (Å²) < 4.78 is 1.72. The van der Waals surface area contributed by atoms with Gasteiger partial charge in [-0.25, -0.2) is 4.68 Å². The van der Waals surface area contributed by atoms with Crippen LogP contribution in [0.4, 0.5) is 5.82 Å². The first kappa shape index (κ1) is 12.0. The van der Waals surface area contributed by atoms with E-state index in [1.165, 1.54) is 22.3 Å². The lowest BCUT2D eigenvalue weighted by Gasteiger charge is -2.11. The van der Waals surface area contributed by atoms with Gasteiger partial charge in [-0.1, -0.05) is 23.7 Å². The highest BCUT2D eigenvalue weighted by Gasteiger charge is 2.08. The fourth-order valence-electron chi connectivity index (χ4n) is 1.85. The van der Waals surface area contributed by atoms with Gasteiger partial charge in [0.2, 0.25) is 0 Å². The number of hydrogen-bond acceptors (Lipinski definition) is 2.